The molecule has 1 atom stereocenters. The molecule has 2 N–H and O–H groups in total. The van der Waals surface area contributed by atoms with Crippen molar-refractivity contribution in [2.75, 3.05) is 5.32 Å². The molecule has 0 saturated heterocycles. The molecule has 2 aromatic carbocycles. The smallest absolute Gasteiger partial charge is 0.408 e. The number of amides is 2. The minimum absolute atomic E-state index is 0.00961. The van der Waals surface area contributed by atoms with Crippen LogP contribution < -0.4 is 16.2 Å². The zero-order chi connectivity index (χ0) is 30.6. The number of aryl methyl sites for hydroxylation is 1. The number of alkyl carbamates (subject to hydrolysis) is 1. The summed E-state index contributed by atoms with van der Waals surface area (Å²) in [6.45, 7) is 11.0. The number of anilines is 1. The van der Waals surface area contributed by atoms with Crippen molar-refractivity contribution in [3.05, 3.63) is 93.9 Å². The molecule has 0 fully saturated rings. The molecule has 0 aliphatic carbocycles. The molecule has 2 aromatic heterocycles. The second kappa shape index (κ2) is 12.6. The number of benzene rings is 2. The summed E-state index contributed by atoms with van der Waals surface area (Å²) in [6, 6.07) is 14.8. The predicted octanol–water partition coefficient (Wildman–Crippen LogP) is 5.71. The number of rotatable bonds is 8. The Balaban J connectivity index is 1.60. The first-order valence-corrected chi connectivity index (χ1v) is 14.0. The van der Waals surface area contributed by atoms with Crippen LogP contribution in [0.5, 0.6) is 0 Å². The molecule has 220 valence electrons. The third kappa shape index (κ3) is 7.64. The molecular formula is C31H35ClN6O4. The lowest BCUT2D eigenvalue weighted by Crippen LogP contribution is -2.47. The number of pyridine rings is 1. The number of carbonyl (C=O) groups is 2. The molecule has 1 unspecified atom stereocenters. The van der Waals surface area contributed by atoms with E-state index in [1.54, 1.807) is 60.5 Å². The Labute approximate surface area is 249 Å². The number of carbonyl (C=O) groups excluding carboxylic acids is 2. The first-order valence-electron chi connectivity index (χ1n) is 13.6. The van der Waals surface area contributed by atoms with Gasteiger partial charge in [-0.05, 0) is 101 Å². The Morgan fingerprint density at radius 2 is 1.71 bits per heavy atom. The van der Waals surface area contributed by atoms with Crippen molar-refractivity contribution >= 4 is 29.3 Å². The quantitative estimate of drug-likeness (QED) is 0.271. The third-order valence-corrected chi connectivity index (χ3v) is 6.77. The molecule has 4 aromatic rings. The first kappa shape index (κ1) is 30.5. The molecule has 11 heteroatoms. The maximum absolute atomic E-state index is 13.5. The van der Waals surface area contributed by atoms with Crippen LogP contribution in [0.1, 0.15) is 52.0 Å². The van der Waals surface area contributed by atoms with Crippen LogP contribution in [0.2, 0.25) is 5.02 Å². The van der Waals surface area contributed by atoms with Gasteiger partial charge in [0.2, 0.25) is 5.91 Å². The highest BCUT2D eigenvalue weighted by Crippen LogP contribution is 2.27. The van der Waals surface area contributed by atoms with E-state index in [9.17, 15) is 14.4 Å². The zero-order valence-corrected chi connectivity index (χ0v) is 25.3. The van der Waals surface area contributed by atoms with Crippen LogP contribution in [0.25, 0.3) is 16.8 Å². The first-order chi connectivity index (χ1) is 19.8. The summed E-state index contributed by atoms with van der Waals surface area (Å²) < 4.78 is 8.77. The maximum atomic E-state index is 13.5. The van der Waals surface area contributed by atoms with Crippen molar-refractivity contribution < 1.29 is 14.3 Å². The van der Waals surface area contributed by atoms with Gasteiger partial charge >= 0.3 is 6.09 Å². The number of nitrogens with one attached hydrogen (secondary N) is 2. The molecule has 0 radical (unpaired) electrons. The van der Waals surface area contributed by atoms with Gasteiger partial charge in [0.1, 0.15) is 23.8 Å². The van der Waals surface area contributed by atoms with Crippen LogP contribution in [-0.2, 0) is 16.0 Å². The van der Waals surface area contributed by atoms with E-state index in [1.165, 1.54) is 12.4 Å². The van der Waals surface area contributed by atoms with Gasteiger partial charge in [-0.25, -0.2) is 14.5 Å². The van der Waals surface area contributed by atoms with E-state index in [2.05, 4.69) is 20.7 Å². The number of ether oxygens (including phenoxy) is 1. The molecule has 10 nitrogen and oxygen atoms in total. The lowest BCUT2D eigenvalue weighted by Gasteiger charge is -2.24. The second-order valence-corrected chi connectivity index (χ2v) is 11.6. The van der Waals surface area contributed by atoms with Crippen molar-refractivity contribution in [3.63, 3.8) is 0 Å². The van der Waals surface area contributed by atoms with E-state index < -0.39 is 23.6 Å². The monoisotopic (exact) mass is 590 g/mol. The molecule has 0 saturated carbocycles. The number of nitrogens with zero attached hydrogens (tertiary/aromatic N) is 4. The highest BCUT2D eigenvalue weighted by Gasteiger charge is 2.26. The standard InChI is InChI=1S/C31H35ClN6O4/c1-19(2)37-17-22(8-14-28(37)39)21-7-13-26(32)23(15-21)16-27(36-30(41)42-31(4,5)6)29(40)35-24-9-11-25(12-10-24)38-20(3)33-18-34-38/h7-15,17-19,27H,16H2,1-6H3,(H,35,40)(H,36,41). The van der Waals surface area contributed by atoms with Crippen LogP contribution in [0.4, 0.5) is 10.5 Å². The highest BCUT2D eigenvalue weighted by molar-refractivity contribution is 6.31. The van der Waals surface area contributed by atoms with Crippen molar-refractivity contribution in [3.8, 4) is 16.8 Å². The number of hydrogen-bond acceptors (Lipinski definition) is 6. The van der Waals surface area contributed by atoms with Gasteiger partial charge in [-0.1, -0.05) is 17.7 Å². The normalized spacial score (nSPS) is 12.2. The van der Waals surface area contributed by atoms with Crippen LogP contribution in [0.15, 0.2) is 71.9 Å². The van der Waals surface area contributed by atoms with Gasteiger partial charge in [-0.15, -0.1) is 0 Å². The van der Waals surface area contributed by atoms with E-state index in [-0.39, 0.29) is 18.0 Å². The van der Waals surface area contributed by atoms with Crippen LogP contribution >= 0.6 is 11.6 Å². The summed E-state index contributed by atoms with van der Waals surface area (Å²) in [5.74, 6) is 0.288. The molecule has 2 amide bonds. The van der Waals surface area contributed by atoms with Gasteiger partial charge in [0.05, 0.1) is 5.69 Å². The van der Waals surface area contributed by atoms with Gasteiger partial charge in [-0.2, -0.15) is 5.10 Å². The summed E-state index contributed by atoms with van der Waals surface area (Å²) in [5.41, 5.74) is 2.77. The van der Waals surface area contributed by atoms with Gasteiger partial charge in [0.25, 0.3) is 5.56 Å². The van der Waals surface area contributed by atoms with Crippen molar-refractivity contribution in [1.29, 1.82) is 0 Å². The Bertz CT molecular complexity index is 1640. The van der Waals surface area contributed by atoms with Gasteiger partial charge in [0.15, 0.2) is 0 Å². The van der Waals surface area contributed by atoms with E-state index in [1.807, 2.05) is 45.0 Å². The lowest BCUT2D eigenvalue weighted by molar-refractivity contribution is -0.118. The molecule has 0 aliphatic rings. The van der Waals surface area contributed by atoms with E-state index >= 15 is 0 Å². The molecule has 2 heterocycles. The molecule has 4 rings (SSSR count). The average molecular weight is 591 g/mol. The van der Waals surface area contributed by atoms with Gasteiger partial charge < -0.3 is 19.9 Å². The maximum Gasteiger partial charge on any atom is 0.408 e. The Morgan fingerprint density at radius 1 is 1.02 bits per heavy atom. The minimum atomic E-state index is -1.01. The highest BCUT2D eigenvalue weighted by atomic mass is 35.5. The molecule has 42 heavy (non-hydrogen) atoms. The summed E-state index contributed by atoms with van der Waals surface area (Å²) in [5, 5.41) is 10.2. The molecule has 0 aliphatic heterocycles. The zero-order valence-electron chi connectivity index (χ0n) is 24.5. The lowest BCUT2D eigenvalue weighted by atomic mass is 9.99. The van der Waals surface area contributed by atoms with E-state index in [0.29, 0.717) is 16.3 Å². The summed E-state index contributed by atoms with van der Waals surface area (Å²) in [4.78, 5) is 42.7. The third-order valence-electron chi connectivity index (χ3n) is 6.40. The fourth-order valence-electron chi connectivity index (χ4n) is 4.34. The second-order valence-electron chi connectivity index (χ2n) is 11.2. The Hall–Kier alpha value is -4.44. The van der Waals surface area contributed by atoms with Crippen molar-refractivity contribution in [2.45, 2.75) is 65.6 Å². The predicted molar refractivity (Wildman–Crippen MR) is 163 cm³/mol. The van der Waals surface area contributed by atoms with Gasteiger partial charge in [-0.3, -0.25) is 9.59 Å². The van der Waals surface area contributed by atoms with Gasteiger partial charge in [0, 0.05) is 35.4 Å². The van der Waals surface area contributed by atoms with Crippen LogP contribution in [0.3, 0.4) is 0 Å². The van der Waals surface area contributed by atoms with Crippen molar-refractivity contribution in [1.82, 2.24) is 24.6 Å². The van der Waals surface area contributed by atoms with E-state index in [4.69, 9.17) is 16.3 Å². The fourth-order valence-corrected chi connectivity index (χ4v) is 4.53. The molecule has 0 bridgehead atoms. The fraction of sp³-hybridized carbons (Fsp3) is 0.323. The summed E-state index contributed by atoms with van der Waals surface area (Å²) >= 11 is 6.58. The van der Waals surface area contributed by atoms with E-state index in [0.717, 1.165) is 22.6 Å². The summed E-state index contributed by atoms with van der Waals surface area (Å²) in [7, 11) is 0. The average Bonchev–Trinajstić information content (AvgIpc) is 3.34. The van der Waals surface area contributed by atoms with Crippen molar-refractivity contribution in [2.24, 2.45) is 0 Å². The Morgan fingerprint density at radius 3 is 2.33 bits per heavy atom. The Kier molecular flexibility index (Phi) is 9.16. The minimum Gasteiger partial charge on any atom is -0.444 e. The number of hydrogen-bond donors (Lipinski definition) is 2. The van der Waals surface area contributed by atoms with Crippen LogP contribution in [-0.4, -0.2) is 43.0 Å². The van der Waals surface area contributed by atoms with Crippen LogP contribution in [0, 0.1) is 6.92 Å². The molecular weight excluding hydrogens is 556 g/mol. The number of aromatic nitrogens is 4. The molecule has 0 spiro atoms. The number of halogens is 1. The summed E-state index contributed by atoms with van der Waals surface area (Å²) in [6.07, 6.45) is 2.64. The SMILES string of the molecule is Cc1ncnn1-c1ccc(NC(=O)C(Cc2cc(-c3ccc(=O)n(C(C)C)c3)ccc2Cl)NC(=O)OC(C)(C)C)cc1. The largest absolute Gasteiger partial charge is 0.444 e. The topological polar surface area (TPSA) is 120 Å².